The molecule has 0 amide bonds. The van der Waals surface area contributed by atoms with Crippen LogP contribution < -0.4 is 5.73 Å². The zero-order valence-electron chi connectivity index (χ0n) is 9.51. The van der Waals surface area contributed by atoms with Gasteiger partial charge in [0, 0.05) is 9.64 Å². The van der Waals surface area contributed by atoms with E-state index < -0.39 is 0 Å². The lowest BCUT2D eigenvalue weighted by Crippen LogP contribution is -2.08. The third kappa shape index (κ3) is 4.22. The van der Waals surface area contributed by atoms with Crippen LogP contribution >= 0.6 is 11.8 Å². The van der Waals surface area contributed by atoms with Gasteiger partial charge in [-0.2, -0.15) is 0 Å². The van der Waals surface area contributed by atoms with Gasteiger partial charge in [0.05, 0.1) is 0 Å². The molecule has 84 valence electrons. The van der Waals surface area contributed by atoms with E-state index in [9.17, 15) is 4.39 Å². The van der Waals surface area contributed by atoms with E-state index in [1.807, 2.05) is 12.1 Å². The topological polar surface area (TPSA) is 26.0 Å². The Morgan fingerprint density at radius 1 is 1.33 bits per heavy atom. The summed E-state index contributed by atoms with van der Waals surface area (Å²) in [4.78, 5) is 0.711. The van der Waals surface area contributed by atoms with Crippen molar-refractivity contribution in [2.75, 3.05) is 6.54 Å². The van der Waals surface area contributed by atoms with Crippen LogP contribution in [-0.4, -0.2) is 11.3 Å². The molecule has 1 rings (SSSR count). The van der Waals surface area contributed by atoms with E-state index in [0.29, 0.717) is 11.4 Å². The molecule has 0 aliphatic carbocycles. The van der Waals surface area contributed by atoms with Crippen LogP contribution in [0.2, 0.25) is 0 Å². The summed E-state index contributed by atoms with van der Waals surface area (Å²) in [6, 6.07) is 5.38. The highest BCUT2D eigenvalue weighted by Gasteiger charge is 2.15. The molecule has 0 bridgehead atoms. The van der Waals surface area contributed by atoms with Crippen molar-refractivity contribution in [1.29, 1.82) is 0 Å². The minimum Gasteiger partial charge on any atom is -0.330 e. The molecule has 0 aliphatic rings. The number of nitrogens with two attached hydrogens (primary N) is 1. The van der Waals surface area contributed by atoms with Crippen LogP contribution in [-0.2, 0) is 6.42 Å². The van der Waals surface area contributed by atoms with E-state index >= 15 is 0 Å². The van der Waals surface area contributed by atoms with Crippen molar-refractivity contribution in [2.24, 2.45) is 5.73 Å². The second kappa shape index (κ2) is 4.99. The van der Waals surface area contributed by atoms with Gasteiger partial charge in [0.2, 0.25) is 0 Å². The number of thioether (sulfide) groups is 1. The SMILES string of the molecule is CC(C)(C)Sc1ccc(CCN)cc1F. The van der Waals surface area contributed by atoms with E-state index in [4.69, 9.17) is 5.73 Å². The Kier molecular flexibility index (Phi) is 4.17. The van der Waals surface area contributed by atoms with Crippen molar-refractivity contribution in [3.8, 4) is 0 Å². The molecule has 0 atom stereocenters. The van der Waals surface area contributed by atoms with Gasteiger partial charge in [-0.25, -0.2) is 4.39 Å². The molecule has 2 N–H and O–H groups in total. The largest absolute Gasteiger partial charge is 0.330 e. The summed E-state index contributed by atoms with van der Waals surface area (Å²) in [7, 11) is 0. The number of rotatable bonds is 3. The summed E-state index contributed by atoms with van der Waals surface area (Å²) in [6.07, 6.45) is 0.734. The van der Waals surface area contributed by atoms with Gasteiger partial charge in [0.1, 0.15) is 5.82 Å². The normalized spacial score (nSPS) is 11.8. The highest BCUT2D eigenvalue weighted by molar-refractivity contribution is 8.00. The van der Waals surface area contributed by atoms with E-state index in [0.717, 1.165) is 12.0 Å². The summed E-state index contributed by atoms with van der Waals surface area (Å²) in [5.74, 6) is -0.138. The summed E-state index contributed by atoms with van der Waals surface area (Å²) in [5, 5.41) is 0. The first-order valence-electron chi connectivity index (χ1n) is 5.10. The van der Waals surface area contributed by atoms with Crippen LogP contribution in [0.15, 0.2) is 23.1 Å². The molecule has 15 heavy (non-hydrogen) atoms. The molecule has 1 aromatic rings. The molecule has 0 radical (unpaired) electrons. The van der Waals surface area contributed by atoms with E-state index in [-0.39, 0.29) is 10.6 Å². The van der Waals surface area contributed by atoms with Gasteiger partial charge in [0.25, 0.3) is 0 Å². The first kappa shape index (κ1) is 12.5. The average molecular weight is 227 g/mol. The molecule has 0 saturated carbocycles. The monoisotopic (exact) mass is 227 g/mol. The van der Waals surface area contributed by atoms with Crippen molar-refractivity contribution >= 4 is 11.8 Å². The zero-order chi connectivity index (χ0) is 11.5. The molecule has 0 aromatic heterocycles. The second-order valence-electron chi connectivity index (χ2n) is 4.52. The highest BCUT2D eigenvalue weighted by Crippen LogP contribution is 2.33. The maximum Gasteiger partial charge on any atom is 0.137 e. The van der Waals surface area contributed by atoms with Crippen molar-refractivity contribution in [1.82, 2.24) is 0 Å². The highest BCUT2D eigenvalue weighted by atomic mass is 32.2. The number of benzene rings is 1. The molecule has 0 spiro atoms. The Bertz CT molecular complexity index is 331. The fourth-order valence-corrected chi connectivity index (χ4v) is 2.23. The standard InChI is InChI=1S/C12H18FNS/c1-12(2,3)15-11-5-4-9(6-7-14)8-10(11)13/h4-5,8H,6-7,14H2,1-3H3. The van der Waals surface area contributed by atoms with Gasteiger partial charge in [-0.15, -0.1) is 11.8 Å². The lowest BCUT2D eigenvalue weighted by atomic mass is 10.1. The van der Waals surface area contributed by atoms with E-state index in [1.165, 1.54) is 0 Å². The Morgan fingerprint density at radius 2 is 2.00 bits per heavy atom. The van der Waals surface area contributed by atoms with Crippen molar-refractivity contribution in [3.05, 3.63) is 29.6 Å². The Hall–Kier alpha value is -0.540. The van der Waals surface area contributed by atoms with E-state index in [2.05, 4.69) is 20.8 Å². The predicted octanol–water partition coefficient (Wildman–Crippen LogP) is 3.22. The molecular weight excluding hydrogens is 209 g/mol. The lowest BCUT2D eigenvalue weighted by Gasteiger charge is -2.18. The third-order valence-electron chi connectivity index (χ3n) is 1.85. The zero-order valence-corrected chi connectivity index (χ0v) is 10.3. The van der Waals surface area contributed by atoms with Gasteiger partial charge in [-0.3, -0.25) is 0 Å². The molecule has 0 heterocycles. The van der Waals surface area contributed by atoms with Gasteiger partial charge < -0.3 is 5.73 Å². The van der Waals surface area contributed by atoms with E-state index in [1.54, 1.807) is 17.8 Å². The van der Waals surface area contributed by atoms with Crippen LogP contribution in [0.5, 0.6) is 0 Å². The van der Waals surface area contributed by atoms with Gasteiger partial charge >= 0.3 is 0 Å². The average Bonchev–Trinajstić information content (AvgIpc) is 2.08. The number of halogens is 1. The Labute approximate surface area is 95.2 Å². The summed E-state index contributed by atoms with van der Waals surface area (Å²) < 4.78 is 13.7. The maximum absolute atomic E-state index is 13.6. The van der Waals surface area contributed by atoms with Crippen LogP contribution in [0.4, 0.5) is 4.39 Å². The van der Waals surface area contributed by atoms with Crippen LogP contribution in [0.3, 0.4) is 0 Å². The van der Waals surface area contributed by atoms with Gasteiger partial charge in [-0.1, -0.05) is 26.8 Å². The predicted molar refractivity (Wildman–Crippen MR) is 64.8 cm³/mol. The molecule has 0 unspecified atom stereocenters. The molecule has 1 aromatic carbocycles. The summed E-state index contributed by atoms with van der Waals surface area (Å²) in [6.45, 7) is 6.78. The van der Waals surface area contributed by atoms with Crippen molar-refractivity contribution in [3.63, 3.8) is 0 Å². The van der Waals surface area contributed by atoms with Gasteiger partial charge in [-0.05, 0) is 30.7 Å². The fourth-order valence-electron chi connectivity index (χ4n) is 1.28. The first-order valence-corrected chi connectivity index (χ1v) is 5.91. The Balaban J connectivity index is 2.84. The Morgan fingerprint density at radius 3 is 2.47 bits per heavy atom. The third-order valence-corrected chi connectivity index (χ3v) is 3.01. The molecular formula is C12H18FNS. The van der Waals surface area contributed by atoms with Crippen molar-refractivity contribution in [2.45, 2.75) is 36.8 Å². The summed E-state index contributed by atoms with van der Waals surface area (Å²) in [5.41, 5.74) is 6.39. The summed E-state index contributed by atoms with van der Waals surface area (Å²) >= 11 is 1.55. The lowest BCUT2D eigenvalue weighted by molar-refractivity contribution is 0.597. The second-order valence-corrected chi connectivity index (χ2v) is 6.39. The molecule has 0 fully saturated rings. The maximum atomic E-state index is 13.6. The number of hydrogen-bond acceptors (Lipinski definition) is 2. The van der Waals surface area contributed by atoms with Crippen LogP contribution in [0.1, 0.15) is 26.3 Å². The minimum absolute atomic E-state index is 0.0379. The smallest absolute Gasteiger partial charge is 0.137 e. The molecule has 3 heteroatoms. The van der Waals surface area contributed by atoms with Gasteiger partial charge in [0.15, 0.2) is 0 Å². The fraction of sp³-hybridized carbons (Fsp3) is 0.500. The molecule has 0 saturated heterocycles. The first-order chi connectivity index (χ1) is 6.92. The molecule has 0 aliphatic heterocycles. The van der Waals surface area contributed by atoms with Crippen LogP contribution in [0, 0.1) is 5.82 Å². The molecule has 1 nitrogen and oxygen atoms in total. The van der Waals surface area contributed by atoms with Crippen LogP contribution in [0.25, 0.3) is 0 Å². The number of hydrogen-bond donors (Lipinski definition) is 1. The minimum atomic E-state index is -0.138. The van der Waals surface area contributed by atoms with Crippen molar-refractivity contribution < 1.29 is 4.39 Å². The quantitative estimate of drug-likeness (QED) is 0.802.